The molecule has 0 radical (unpaired) electrons. The number of aromatic carboxylic acids is 1. The first-order valence-electron chi connectivity index (χ1n) is 5.57. The number of halogens is 2. The summed E-state index contributed by atoms with van der Waals surface area (Å²) in [5.74, 6) is -3.15. The van der Waals surface area contributed by atoms with Gasteiger partial charge in [0.15, 0.2) is 0 Å². The second-order valence-corrected chi connectivity index (χ2v) is 4.34. The van der Waals surface area contributed by atoms with E-state index in [0.717, 1.165) is 24.4 Å². The Hall–Kier alpha value is -2.67. The first-order chi connectivity index (χ1) is 9.88. The van der Waals surface area contributed by atoms with E-state index in [9.17, 15) is 19.1 Å². The minimum absolute atomic E-state index is 0.133. The summed E-state index contributed by atoms with van der Waals surface area (Å²) in [6, 6.07) is 4.23. The van der Waals surface area contributed by atoms with Crippen LogP contribution in [0.5, 0.6) is 5.75 Å². The predicted molar refractivity (Wildman–Crippen MR) is 72.2 cm³/mol. The Morgan fingerprint density at radius 2 is 2.00 bits per heavy atom. The molecular weight excluding hydrogens is 303 g/mol. The first kappa shape index (κ1) is 14.7. The Kier molecular flexibility index (Phi) is 4.04. The van der Waals surface area contributed by atoms with Crippen molar-refractivity contribution in [3.05, 3.63) is 52.6 Å². The third-order valence-corrected chi connectivity index (χ3v) is 2.84. The highest BCUT2D eigenvalue weighted by Gasteiger charge is 2.16. The fourth-order valence-electron chi connectivity index (χ4n) is 1.54. The van der Waals surface area contributed by atoms with Crippen molar-refractivity contribution in [3.8, 4) is 5.75 Å². The first-order valence-corrected chi connectivity index (χ1v) is 5.95. The lowest BCUT2D eigenvalue weighted by molar-refractivity contribution is 0.0696. The van der Waals surface area contributed by atoms with Gasteiger partial charge in [-0.2, -0.15) is 0 Å². The Balaban J connectivity index is 2.33. The molecule has 2 rings (SSSR count). The summed E-state index contributed by atoms with van der Waals surface area (Å²) in [4.78, 5) is 26.3. The number of rotatable bonds is 3. The Labute approximate surface area is 122 Å². The van der Waals surface area contributed by atoms with Gasteiger partial charge in [0.05, 0.1) is 23.0 Å². The van der Waals surface area contributed by atoms with Crippen LogP contribution in [0.2, 0.25) is 5.15 Å². The van der Waals surface area contributed by atoms with Crippen molar-refractivity contribution in [1.82, 2.24) is 4.98 Å². The molecule has 1 amide bonds. The average Bonchev–Trinajstić information content (AvgIpc) is 2.43. The monoisotopic (exact) mass is 310 g/mol. The van der Waals surface area contributed by atoms with Crippen LogP contribution in [-0.2, 0) is 0 Å². The third-order valence-electron chi connectivity index (χ3n) is 2.54. The van der Waals surface area contributed by atoms with Crippen molar-refractivity contribution in [3.63, 3.8) is 0 Å². The van der Waals surface area contributed by atoms with Crippen LogP contribution in [0.1, 0.15) is 20.7 Å². The van der Waals surface area contributed by atoms with Crippen LogP contribution in [0.4, 0.5) is 10.1 Å². The van der Waals surface area contributed by atoms with Gasteiger partial charge in [0.2, 0.25) is 0 Å². The number of phenolic OH excluding ortho intramolecular Hbond substituents is 1. The van der Waals surface area contributed by atoms with Gasteiger partial charge in [-0.1, -0.05) is 11.6 Å². The van der Waals surface area contributed by atoms with E-state index in [0.29, 0.717) is 0 Å². The molecule has 0 aliphatic heterocycles. The second-order valence-electron chi connectivity index (χ2n) is 3.98. The molecule has 108 valence electrons. The van der Waals surface area contributed by atoms with Gasteiger partial charge in [0, 0.05) is 0 Å². The molecule has 6 nitrogen and oxygen atoms in total. The smallest absolute Gasteiger partial charge is 0.335 e. The molecule has 0 bridgehead atoms. The molecule has 1 heterocycles. The molecule has 0 aliphatic rings. The molecule has 0 fully saturated rings. The Morgan fingerprint density at radius 1 is 1.29 bits per heavy atom. The summed E-state index contributed by atoms with van der Waals surface area (Å²) in [6.45, 7) is 0. The summed E-state index contributed by atoms with van der Waals surface area (Å²) < 4.78 is 13.1. The molecule has 1 aromatic heterocycles. The molecule has 2 aromatic rings. The number of hydrogen-bond donors (Lipinski definition) is 3. The quantitative estimate of drug-likeness (QED) is 0.597. The molecule has 8 heteroatoms. The van der Waals surface area contributed by atoms with Crippen molar-refractivity contribution in [2.45, 2.75) is 0 Å². The summed E-state index contributed by atoms with van der Waals surface area (Å²) in [5.41, 5.74) is -0.511. The molecule has 1 aromatic carbocycles. The zero-order valence-electron chi connectivity index (χ0n) is 10.3. The number of carboxylic acids is 1. The van der Waals surface area contributed by atoms with Crippen molar-refractivity contribution in [1.29, 1.82) is 0 Å². The van der Waals surface area contributed by atoms with Gasteiger partial charge in [-0.3, -0.25) is 4.79 Å². The van der Waals surface area contributed by atoms with Crippen LogP contribution >= 0.6 is 11.6 Å². The second kappa shape index (κ2) is 5.76. The van der Waals surface area contributed by atoms with Gasteiger partial charge < -0.3 is 15.5 Å². The maximum Gasteiger partial charge on any atom is 0.335 e. The van der Waals surface area contributed by atoms with E-state index >= 15 is 0 Å². The fourth-order valence-corrected chi connectivity index (χ4v) is 1.73. The minimum atomic E-state index is -1.23. The van der Waals surface area contributed by atoms with Crippen molar-refractivity contribution in [2.75, 3.05) is 5.32 Å². The average molecular weight is 311 g/mol. The normalized spacial score (nSPS) is 10.2. The number of nitrogens with one attached hydrogen (secondary N) is 1. The minimum Gasteiger partial charge on any atom is -0.506 e. The summed E-state index contributed by atoms with van der Waals surface area (Å²) in [6.07, 6.45) is 0.849. The van der Waals surface area contributed by atoms with E-state index in [4.69, 9.17) is 16.7 Å². The molecule has 0 unspecified atom stereocenters. The van der Waals surface area contributed by atoms with E-state index in [-0.39, 0.29) is 27.7 Å². The molecule has 21 heavy (non-hydrogen) atoms. The number of carboxylic acid groups (broad SMARTS) is 1. The lowest BCUT2D eigenvalue weighted by Crippen LogP contribution is -2.14. The van der Waals surface area contributed by atoms with Gasteiger partial charge in [-0.05, 0) is 24.3 Å². The number of aromatic hydroxyl groups is 1. The number of phenols is 1. The van der Waals surface area contributed by atoms with Crippen molar-refractivity contribution < 1.29 is 24.2 Å². The number of anilines is 1. The van der Waals surface area contributed by atoms with E-state index in [1.165, 1.54) is 6.07 Å². The highest BCUT2D eigenvalue weighted by Crippen LogP contribution is 2.25. The number of pyridine rings is 1. The van der Waals surface area contributed by atoms with Gasteiger partial charge in [0.1, 0.15) is 16.7 Å². The predicted octanol–water partition coefficient (Wildman–Crippen LogP) is 2.53. The zero-order chi connectivity index (χ0) is 15.6. The lowest BCUT2D eigenvalue weighted by atomic mass is 10.1. The molecule has 0 saturated carbocycles. The van der Waals surface area contributed by atoms with Crippen LogP contribution in [0.25, 0.3) is 0 Å². The maximum absolute atomic E-state index is 13.1. The van der Waals surface area contributed by atoms with Gasteiger partial charge in [-0.25, -0.2) is 14.2 Å². The number of aromatic nitrogens is 1. The number of carbonyl (C=O) groups excluding carboxylic acids is 1. The molecule has 0 saturated heterocycles. The highest BCUT2D eigenvalue weighted by molar-refractivity contribution is 6.33. The van der Waals surface area contributed by atoms with E-state index < -0.39 is 17.7 Å². The van der Waals surface area contributed by atoms with Crippen LogP contribution < -0.4 is 5.32 Å². The molecular formula is C13H8ClFN2O4. The SMILES string of the molecule is O=C(O)c1ccc(O)c(NC(=O)c2cc(F)cnc2Cl)c1. The number of hydrogen-bond acceptors (Lipinski definition) is 4. The lowest BCUT2D eigenvalue weighted by Gasteiger charge is -2.09. The van der Waals surface area contributed by atoms with Crippen LogP contribution in [0, 0.1) is 5.82 Å². The molecule has 3 N–H and O–H groups in total. The van der Waals surface area contributed by atoms with E-state index in [2.05, 4.69) is 10.3 Å². The zero-order valence-corrected chi connectivity index (χ0v) is 11.1. The number of benzene rings is 1. The largest absolute Gasteiger partial charge is 0.506 e. The van der Waals surface area contributed by atoms with Crippen LogP contribution in [0.15, 0.2) is 30.5 Å². The van der Waals surface area contributed by atoms with Gasteiger partial charge >= 0.3 is 5.97 Å². The number of nitrogens with zero attached hydrogens (tertiary/aromatic N) is 1. The molecule has 0 atom stereocenters. The van der Waals surface area contributed by atoms with Gasteiger partial charge in [-0.15, -0.1) is 0 Å². The van der Waals surface area contributed by atoms with E-state index in [1.807, 2.05) is 0 Å². The van der Waals surface area contributed by atoms with Crippen molar-refractivity contribution in [2.24, 2.45) is 0 Å². The van der Waals surface area contributed by atoms with Crippen LogP contribution in [-0.4, -0.2) is 27.1 Å². The van der Waals surface area contributed by atoms with Crippen LogP contribution in [0.3, 0.4) is 0 Å². The molecule has 0 aliphatic carbocycles. The van der Waals surface area contributed by atoms with Gasteiger partial charge in [0.25, 0.3) is 5.91 Å². The summed E-state index contributed by atoms with van der Waals surface area (Å²) in [7, 11) is 0. The van der Waals surface area contributed by atoms with E-state index in [1.54, 1.807) is 0 Å². The maximum atomic E-state index is 13.1. The topological polar surface area (TPSA) is 99.5 Å². The molecule has 0 spiro atoms. The number of amides is 1. The fraction of sp³-hybridized carbons (Fsp3) is 0. The van der Waals surface area contributed by atoms with Crippen molar-refractivity contribution >= 4 is 29.2 Å². The standard InChI is InChI=1S/C13H8ClFN2O4/c14-11-8(4-7(15)5-16-11)12(19)17-9-3-6(13(20)21)1-2-10(9)18/h1-5,18H,(H,17,19)(H,20,21). The number of carbonyl (C=O) groups is 2. The summed E-state index contributed by atoms with van der Waals surface area (Å²) >= 11 is 5.68. The highest BCUT2D eigenvalue weighted by atomic mass is 35.5. The Morgan fingerprint density at radius 3 is 2.67 bits per heavy atom. The Bertz CT molecular complexity index is 736. The summed E-state index contributed by atoms with van der Waals surface area (Å²) in [5, 5.41) is 20.5. The third kappa shape index (κ3) is 3.26.